The zero-order chi connectivity index (χ0) is 22.2. The van der Waals surface area contributed by atoms with Gasteiger partial charge in [-0.1, -0.05) is 30.0 Å². The van der Waals surface area contributed by atoms with E-state index in [0.29, 0.717) is 23.2 Å². The van der Waals surface area contributed by atoms with Crippen LogP contribution in [-0.2, 0) is 22.6 Å². The number of carbonyl (C=O) groups is 2. The van der Waals surface area contributed by atoms with Gasteiger partial charge in [0.1, 0.15) is 11.6 Å². The van der Waals surface area contributed by atoms with Crippen molar-refractivity contribution < 1.29 is 14.0 Å². The van der Waals surface area contributed by atoms with E-state index in [1.165, 1.54) is 36.0 Å². The Morgan fingerprint density at radius 1 is 1.10 bits per heavy atom. The summed E-state index contributed by atoms with van der Waals surface area (Å²) in [6.07, 6.45) is 1.65. The normalized spacial score (nSPS) is 10.5. The molecule has 2 N–H and O–H groups in total. The van der Waals surface area contributed by atoms with Gasteiger partial charge in [-0.05, 0) is 48.9 Å². The Bertz CT molecular complexity index is 1080. The summed E-state index contributed by atoms with van der Waals surface area (Å²) in [6.45, 7) is 6.08. The zero-order valence-corrected chi connectivity index (χ0v) is 17.8. The fourth-order valence-corrected chi connectivity index (χ4v) is 3.57. The van der Waals surface area contributed by atoms with Gasteiger partial charge in [0, 0.05) is 17.9 Å². The zero-order valence-electron chi connectivity index (χ0n) is 17.0. The lowest BCUT2D eigenvalue weighted by molar-refractivity contribution is -0.116. The topological polar surface area (TPSA) is 88.9 Å². The van der Waals surface area contributed by atoms with Crippen LogP contribution in [0.2, 0.25) is 0 Å². The van der Waals surface area contributed by atoms with Gasteiger partial charge in [-0.25, -0.2) is 4.39 Å². The minimum Gasteiger partial charge on any atom is -0.326 e. The van der Waals surface area contributed by atoms with Crippen LogP contribution in [0.4, 0.5) is 15.8 Å². The summed E-state index contributed by atoms with van der Waals surface area (Å²) < 4.78 is 14.7. The van der Waals surface area contributed by atoms with Gasteiger partial charge >= 0.3 is 0 Å². The molecule has 9 heteroatoms. The van der Waals surface area contributed by atoms with E-state index in [-0.39, 0.29) is 29.8 Å². The molecule has 0 aliphatic rings. The number of hydrogen-bond acceptors (Lipinski definition) is 5. The van der Waals surface area contributed by atoms with Crippen LogP contribution in [0.3, 0.4) is 0 Å². The molecule has 0 aliphatic carbocycles. The number of nitrogens with zero attached hydrogens (tertiary/aromatic N) is 3. The first-order valence-electron chi connectivity index (χ1n) is 9.52. The van der Waals surface area contributed by atoms with Crippen molar-refractivity contribution >= 4 is 35.0 Å². The van der Waals surface area contributed by atoms with Gasteiger partial charge in [0.05, 0.1) is 12.2 Å². The van der Waals surface area contributed by atoms with Crippen molar-refractivity contribution in [3.63, 3.8) is 0 Å². The highest BCUT2D eigenvalue weighted by Gasteiger charge is 2.16. The Morgan fingerprint density at radius 2 is 1.84 bits per heavy atom. The predicted octanol–water partition coefficient (Wildman–Crippen LogP) is 3.82. The molecule has 3 aromatic rings. The fraction of sp³-hybridized carbons (Fsp3) is 0.182. The highest BCUT2D eigenvalue weighted by molar-refractivity contribution is 7.99. The molecule has 3 rings (SSSR count). The maximum Gasteiger partial charge on any atom is 0.234 e. The van der Waals surface area contributed by atoms with Crippen molar-refractivity contribution in [3.8, 4) is 0 Å². The molecule has 1 aromatic heterocycles. The molecule has 0 spiro atoms. The molecule has 31 heavy (non-hydrogen) atoms. The maximum absolute atomic E-state index is 13.0. The van der Waals surface area contributed by atoms with E-state index < -0.39 is 0 Å². The molecule has 0 saturated carbocycles. The minimum atomic E-state index is -0.378. The SMILES string of the molecule is C=CCn1c(CC(=O)Nc2ccc(F)cc2)nnc1SCC(=O)Nc1cccc(C)c1. The lowest BCUT2D eigenvalue weighted by Crippen LogP contribution is -2.18. The third-order valence-corrected chi connectivity index (χ3v) is 5.15. The molecule has 0 atom stereocenters. The van der Waals surface area contributed by atoms with Crippen LogP contribution in [0.15, 0.2) is 66.3 Å². The molecular formula is C22H22FN5O2S. The number of aromatic nitrogens is 3. The number of thioether (sulfide) groups is 1. The highest BCUT2D eigenvalue weighted by Crippen LogP contribution is 2.19. The maximum atomic E-state index is 13.0. The molecule has 0 fully saturated rings. The van der Waals surface area contributed by atoms with E-state index >= 15 is 0 Å². The van der Waals surface area contributed by atoms with Crippen LogP contribution >= 0.6 is 11.8 Å². The Kier molecular flexibility index (Phi) is 7.55. The van der Waals surface area contributed by atoms with Crippen LogP contribution in [-0.4, -0.2) is 32.3 Å². The molecule has 7 nitrogen and oxygen atoms in total. The third-order valence-electron chi connectivity index (χ3n) is 4.19. The number of rotatable bonds is 9. The van der Waals surface area contributed by atoms with E-state index in [2.05, 4.69) is 27.4 Å². The van der Waals surface area contributed by atoms with Gasteiger partial charge in [-0.15, -0.1) is 16.8 Å². The summed E-state index contributed by atoms with van der Waals surface area (Å²) in [4.78, 5) is 24.6. The monoisotopic (exact) mass is 439 g/mol. The Morgan fingerprint density at radius 3 is 2.55 bits per heavy atom. The van der Waals surface area contributed by atoms with Crippen LogP contribution < -0.4 is 10.6 Å². The van der Waals surface area contributed by atoms with Gasteiger partial charge in [0.2, 0.25) is 11.8 Å². The van der Waals surface area contributed by atoms with Crippen molar-refractivity contribution in [1.29, 1.82) is 0 Å². The average molecular weight is 440 g/mol. The molecule has 0 bridgehead atoms. The van der Waals surface area contributed by atoms with Gasteiger partial charge in [0.25, 0.3) is 0 Å². The molecule has 160 valence electrons. The Hall–Kier alpha value is -3.46. The van der Waals surface area contributed by atoms with Crippen LogP contribution in [0.5, 0.6) is 0 Å². The van der Waals surface area contributed by atoms with Crippen LogP contribution in [0.25, 0.3) is 0 Å². The van der Waals surface area contributed by atoms with Crippen LogP contribution in [0.1, 0.15) is 11.4 Å². The van der Waals surface area contributed by atoms with Gasteiger partial charge in [-0.2, -0.15) is 0 Å². The van der Waals surface area contributed by atoms with E-state index in [9.17, 15) is 14.0 Å². The number of aryl methyl sites for hydroxylation is 1. The number of amides is 2. The number of anilines is 2. The quantitative estimate of drug-likeness (QED) is 0.391. The fourth-order valence-electron chi connectivity index (χ4n) is 2.80. The van der Waals surface area contributed by atoms with Gasteiger partial charge in [0.15, 0.2) is 5.16 Å². The number of allylic oxidation sites excluding steroid dienone is 1. The second kappa shape index (κ2) is 10.5. The highest BCUT2D eigenvalue weighted by atomic mass is 32.2. The van der Waals surface area contributed by atoms with E-state index in [1.807, 2.05) is 31.2 Å². The first-order valence-corrected chi connectivity index (χ1v) is 10.5. The summed E-state index contributed by atoms with van der Waals surface area (Å²) in [5.41, 5.74) is 2.28. The first kappa shape index (κ1) is 22.2. The Balaban J connectivity index is 1.61. The molecule has 1 heterocycles. The molecule has 0 unspecified atom stereocenters. The summed E-state index contributed by atoms with van der Waals surface area (Å²) in [7, 11) is 0. The summed E-state index contributed by atoms with van der Waals surface area (Å²) in [5.74, 6) is -0.263. The number of carbonyl (C=O) groups excluding carboxylic acids is 2. The summed E-state index contributed by atoms with van der Waals surface area (Å²) >= 11 is 1.23. The summed E-state index contributed by atoms with van der Waals surface area (Å²) in [6, 6.07) is 13.1. The molecule has 0 radical (unpaired) electrons. The van der Waals surface area contributed by atoms with E-state index in [0.717, 1.165) is 11.3 Å². The van der Waals surface area contributed by atoms with E-state index in [4.69, 9.17) is 0 Å². The van der Waals surface area contributed by atoms with Crippen molar-refractivity contribution in [2.45, 2.75) is 25.0 Å². The summed E-state index contributed by atoms with van der Waals surface area (Å²) in [5, 5.41) is 14.3. The number of nitrogens with one attached hydrogen (secondary N) is 2. The van der Waals surface area contributed by atoms with Crippen molar-refractivity contribution in [3.05, 3.63) is 78.4 Å². The molecule has 0 aliphatic heterocycles. The molecule has 2 amide bonds. The molecule has 0 saturated heterocycles. The third kappa shape index (κ3) is 6.51. The molecular weight excluding hydrogens is 417 g/mol. The first-order chi connectivity index (χ1) is 14.9. The molecule has 2 aromatic carbocycles. The smallest absolute Gasteiger partial charge is 0.234 e. The number of hydrogen-bond donors (Lipinski definition) is 2. The lowest BCUT2D eigenvalue weighted by atomic mass is 10.2. The second-order valence-electron chi connectivity index (χ2n) is 6.74. The standard InChI is InChI=1S/C22H22FN5O2S/c1-3-11-28-19(13-20(29)24-17-9-7-16(23)8-10-17)26-27-22(28)31-14-21(30)25-18-6-4-5-15(2)12-18/h3-10,12H,1,11,13-14H2,2H3,(H,24,29)(H,25,30). The minimum absolute atomic E-state index is 0.0196. The van der Waals surface area contributed by atoms with Gasteiger partial charge < -0.3 is 15.2 Å². The second-order valence-corrected chi connectivity index (χ2v) is 7.68. The lowest BCUT2D eigenvalue weighted by Gasteiger charge is -2.09. The van der Waals surface area contributed by atoms with Crippen molar-refractivity contribution in [2.75, 3.05) is 16.4 Å². The van der Waals surface area contributed by atoms with Crippen molar-refractivity contribution in [2.24, 2.45) is 0 Å². The number of benzene rings is 2. The average Bonchev–Trinajstić information content (AvgIpc) is 3.10. The Labute approximate surface area is 183 Å². The largest absolute Gasteiger partial charge is 0.326 e. The predicted molar refractivity (Wildman–Crippen MR) is 119 cm³/mol. The van der Waals surface area contributed by atoms with Crippen molar-refractivity contribution in [1.82, 2.24) is 14.8 Å². The van der Waals surface area contributed by atoms with Gasteiger partial charge in [-0.3, -0.25) is 9.59 Å². The number of halogens is 1. The van der Waals surface area contributed by atoms with Crippen LogP contribution in [0, 0.1) is 12.7 Å². The van der Waals surface area contributed by atoms with E-state index in [1.54, 1.807) is 10.6 Å².